The summed E-state index contributed by atoms with van der Waals surface area (Å²) in [6.07, 6.45) is -18.1. The molecular weight excluding hydrogens is 704 g/mol. The maximum absolute atomic E-state index is 11.8. The van der Waals surface area contributed by atoms with Crippen molar-refractivity contribution in [1.29, 1.82) is 0 Å². The molecule has 44 heavy (non-hydrogen) atoms. The van der Waals surface area contributed by atoms with Crippen LogP contribution in [-0.2, 0) is 95.3 Å². The van der Waals surface area contributed by atoms with Gasteiger partial charge in [-0.15, -0.1) is 4.33 Å². The van der Waals surface area contributed by atoms with E-state index >= 15 is 0 Å². The molecule has 0 saturated carbocycles. The van der Waals surface area contributed by atoms with Crippen LogP contribution in [0.5, 0.6) is 0 Å². The maximum atomic E-state index is 11.8. The average molecular weight is 735 g/mol. The first-order chi connectivity index (χ1) is 20.5. The van der Waals surface area contributed by atoms with Crippen molar-refractivity contribution in [2.75, 3.05) is 41.8 Å². The van der Waals surface area contributed by atoms with Gasteiger partial charge >= 0.3 is 31.2 Å². The SMILES string of the molecule is COOOSO[C@H]1C(OCO)O[C@@H](O[C@H]2C(OC)C(OS(=O)(=O)O)[C@@H](OC)O[C@@H]2COS(=O)(=O)O)C(OS(=O)(=O)O)[C@H]1OC. The molecular formula is C16H30O24S4. The van der Waals surface area contributed by atoms with Gasteiger partial charge in [0.25, 0.3) is 0 Å². The minimum atomic E-state index is -5.36. The molecule has 2 heterocycles. The van der Waals surface area contributed by atoms with Gasteiger partial charge in [0.15, 0.2) is 49.5 Å². The van der Waals surface area contributed by atoms with Crippen LogP contribution in [0.4, 0.5) is 0 Å². The highest BCUT2D eigenvalue weighted by molar-refractivity contribution is 7.89. The van der Waals surface area contributed by atoms with Crippen LogP contribution in [0, 0.1) is 0 Å². The van der Waals surface area contributed by atoms with Crippen molar-refractivity contribution >= 4 is 43.5 Å². The van der Waals surface area contributed by atoms with Crippen LogP contribution in [0.15, 0.2) is 0 Å². The zero-order chi connectivity index (χ0) is 33.3. The van der Waals surface area contributed by atoms with Crippen molar-refractivity contribution in [3.05, 3.63) is 0 Å². The van der Waals surface area contributed by atoms with Crippen molar-refractivity contribution < 1.29 is 108 Å². The summed E-state index contributed by atoms with van der Waals surface area (Å²) in [5, 5.41) is 13.5. The summed E-state index contributed by atoms with van der Waals surface area (Å²) in [6.45, 7) is -2.13. The van der Waals surface area contributed by atoms with Gasteiger partial charge in [-0.2, -0.15) is 25.3 Å². The van der Waals surface area contributed by atoms with E-state index in [2.05, 4.69) is 22.6 Å². The van der Waals surface area contributed by atoms with E-state index in [4.69, 9.17) is 46.1 Å². The first-order valence-corrected chi connectivity index (χ1v) is 16.1. The average Bonchev–Trinajstić information content (AvgIpc) is 2.90. The summed E-state index contributed by atoms with van der Waals surface area (Å²) in [4.78, 5) is 4.20. The molecule has 0 amide bonds. The van der Waals surface area contributed by atoms with E-state index in [1.54, 1.807) is 0 Å². The fraction of sp³-hybridized carbons (Fsp3) is 1.00. The van der Waals surface area contributed by atoms with E-state index < -0.39 is 106 Å². The largest absolute Gasteiger partial charge is 0.397 e. The molecule has 2 fully saturated rings. The molecule has 4 N–H and O–H groups in total. The summed E-state index contributed by atoms with van der Waals surface area (Å²) in [7, 11) is -11.7. The molecule has 4 unspecified atom stereocenters. The Labute approximate surface area is 254 Å². The van der Waals surface area contributed by atoms with Gasteiger partial charge in [0.1, 0.15) is 31.2 Å². The van der Waals surface area contributed by atoms with E-state index in [9.17, 15) is 39.5 Å². The number of hydrogen-bond donors (Lipinski definition) is 4. The Morgan fingerprint density at radius 3 is 1.73 bits per heavy atom. The summed E-state index contributed by atoms with van der Waals surface area (Å²) in [5.41, 5.74) is 0. The molecule has 2 aliphatic heterocycles. The van der Waals surface area contributed by atoms with Crippen LogP contribution in [0.1, 0.15) is 0 Å². The summed E-state index contributed by atoms with van der Waals surface area (Å²) < 4.78 is 158. The van der Waals surface area contributed by atoms with Crippen molar-refractivity contribution in [1.82, 2.24) is 0 Å². The Morgan fingerprint density at radius 1 is 0.682 bits per heavy atom. The van der Waals surface area contributed by atoms with E-state index in [0.29, 0.717) is 0 Å². The molecule has 2 saturated heterocycles. The van der Waals surface area contributed by atoms with Crippen LogP contribution in [0.3, 0.4) is 0 Å². The zero-order valence-corrected chi connectivity index (χ0v) is 26.0. The minimum absolute atomic E-state index is 0.0863. The lowest BCUT2D eigenvalue weighted by Gasteiger charge is -2.48. The molecule has 0 aliphatic carbocycles. The fourth-order valence-electron chi connectivity index (χ4n) is 4.00. The Hall–Kier alpha value is -0.520. The third kappa shape index (κ3) is 12.3. The normalized spacial score (nSPS) is 33.8. The lowest BCUT2D eigenvalue weighted by molar-refractivity contribution is -0.450. The molecule has 24 nitrogen and oxygen atoms in total. The van der Waals surface area contributed by atoms with E-state index in [0.717, 1.165) is 28.4 Å². The van der Waals surface area contributed by atoms with Gasteiger partial charge in [-0.25, -0.2) is 17.4 Å². The maximum Gasteiger partial charge on any atom is 0.397 e. The predicted molar refractivity (Wildman–Crippen MR) is 131 cm³/mol. The molecule has 10 atom stereocenters. The standard InChI is InChI=1S/C16H30O24S4/c1-27-9-8(7(5-32-42(18,19)20)33-14(29-3)12(9)37-43(21,22)23)34-16-13(38-44(24,25)26)10(28-2)11(15(35-16)31-6-17)36-41-40-39-30-4/h7-17H,5-6H2,1-4H3,(H,18,19,20)(H,21,22,23)(H,24,25,26)/t7-,8-,9?,10+,11-,12?,13?,14+,15?,16-/m1/s1. The first kappa shape index (κ1) is 39.7. The second kappa shape index (κ2) is 17.6. The predicted octanol–water partition coefficient (Wildman–Crippen LogP) is -2.92. The topological polar surface area (TPSA) is 313 Å². The number of ether oxygens (including phenoxy) is 7. The molecule has 0 aromatic heterocycles. The summed E-state index contributed by atoms with van der Waals surface area (Å²) in [6, 6.07) is 0. The number of rotatable bonds is 19. The smallest absolute Gasteiger partial charge is 0.376 e. The van der Waals surface area contributed by atoms with Crippen LogP contribution in [0.25, 0.3) is 0 Å². The quantitative estimate of drug-likeness (QED) is 0.0258. The van der Waals surface area contributed by atoms with E-state index in [1.165, 1.54) is 0 Å². The van der Waals surface area contributed by atoms with Crippen LogP contribution in [-0.4, -0.2) is 147 Å². The molecule has 0 spiro atoms. The number of aliphatic hydroxyl groups excluding tert-OH is 1. The van der Waals surface area contributed by atoms with Gasteiger partial charge < -0.3 is 38.3 Å². The van der Waals surface area contributed by atoms with E-state index in [1.807, 2.05) is 0 Å². The molecule has 28 heteroatoms. The molecule has 2 aliphatic rings. The summed E-state index contributed by atoms with van der Waals surface area (Å²) >= 11 is 0.0863. The fourth-order valence-corrected chi connectivity index (χ4v) is 5.67. The third-order valence-electron chi connectivity index (χ3n) is 5.47. The van der Waals surface area contributed by atoms with Gasteiger partial charge in [0, 0.05) is 21.3 Å². The number of aliphatic hydroxyl groups is 1. The molecule has 0 radical (unpaired) electrons. The minimum Gasteiger partial charge on any atom is -0.376 e. The highest BCUT2D eigenvalue weighted by Crippen LogP contribution is 2.36. The Morgan fingerprint density at radius 2 is 1.25 bits per heavy atom. The van der Waals surface area contributed by atoms with Gasteiger partial charge in [-0.3, -0.25) is 17.8 Å². The van der Waals surface area contributed by atoms with Gasteiger partial charge in [-0.1, -0.05) is 5.04 Å². The second-order valence-corrected chi connectivity index (χ2v) is 11.7. The van der Waals surface area contributed by atoms with Gasteiger partial charge in [-0.05, 0) is 0 Å². The van der Waals surface area contributed by atoms with Crippen LogP contribution < -0.4 is 0 Å². The highest BCUT2D eigenvalue weighted by atomic mass is 32.3. The van der Waals surface area contributed by atoms with Crippen molar-refractivity contribution in [2.45, 2.75) is 61.6 Å². The lowest BCUT2D eigenvalue weighted by atomic mass is 9.98. The van der Waals surface area contributed by atoms with Crippen molar-refractivity contribution in [3.63, 3.8) is 0 Å². The van der Waals surface area contributed by atoms with Crippen molar-refractivity contribution in [3.8, 4) is 0 Å². The highest BCUT2D eigenvalue weighted by Gasteiger charge is 2.56. The Bertz CT molecular complexity index is 1180. The molecule has 0 aromatic carbocycles. The van der Waals surface area contributed by atoms with Crippen LogP contribution >= 0.6 is 12.3 Å². The first-order valence-electron chi connectivity index (χ1n) is 11.4. The monoisotopic (exact) mass is 734 g/mol. The molecule has 0 aromatic rings. The molecule has 2 rings (SSSR count). The van der Waals surface area contributed by atoms with Gasteiger partial charge in [0.2, 0.25) is 0 Å². The Balaban J connectivity index is 2.57. The third-order valence-corrected chi connectivity index (χ3v) is 7.25. The van der Waals surface area contributed by atoms with Crippen molar-refractivity contribution in [2.24, 2.45) is 0 Å². The lowest BCUT2D eigenvalue weighted by Crippen LogP contribution is -2.66. The molecule has 262 valence electrons. The number of methoxy groups -OCH3 is 3. The number of hydrogen-bond acceptors (Lipinski definition) is 22. The molecule has 0 bridgehead atoms. The van der Waals surface area contributed by atoms with E-state index in [-0.39, 0.29) is 12.3 Å². The summed E-state index contributed by atoms with van der Waals surface area (Å²) in [5.74, 6) is 0. The zero-order valence-electron chi connectivity index (χ0n) is 22.8. The second-order valence-electron chi connectivity index (χ2n) is 8.07. The van der Waals surface area contributed by atoms with Crippen LogP contribution in [0.2, 0.25) is 0 Å². The Kier molecular flexibility index (Phi) is 15.8. The van der Waals surface area contributed by atoms with Gasteiger partial charge in [0.05, 0.1) is 13.7 Å².